The summed E-state index contributed by atoms with van der Waals surface area (Å²) in [5.41, 5.74) is 0. The summed E-state index contributed by atoms with van der Waals surface area (Å²) in [6.45, 7) is 7.64. The van der Waals surface area contributed by atoms with Gasteiger partial charge in [0.25, 0.3) is 0 Å². The molecule has 0 aromatic rings. The molecule has 0 spiro atoms. The minimum Gasteiger partial charge on any atom is -0.289 e. The molecule has 0 rings (SSSR count). The Morgan fingerprint density at radius 2 is 1.00 bits per heavy atom. The fourth-order valence-electron chi connectivity index (χ4n) is 0.346. The van der Waals surface area contributed by atoms with Gasteiger partial charge < -0.3 is 0 Å². The van der Waals surface area contributed by atoms with Crippen LogP contribution in [-0.4, -0.2) is 23.9 Å². The first-order valence-corrected chi connectivity index (χ1v) is 5.00. The largest absolute Gasteiger partial charge is 0.450 e. The van der Waals surface area contributed by atoms with E-state index in [-0.39, 0.29) is 17.1 Å². The van der Waals surface area contributed by atoms with Gasteiger partial charge in [-0.3, -0.25) is 9.59 Å². The summed E-state index contributed by atoms with van der Waals surface area (Å²) < 4.78 is 68.0. The van der Waals surface area contributed by atoms with Crippen LogP contribution in [0.15, 0.2) is 0 Å². The van der Waals surface area contributed by atoms with E-state index in [1.165, 1.54) is 0 Å². The number of carbonyl (C=O) groups excluding carboxylic acids is 2. The second-order valence-corrected chi connectivity index (χ2v) is 2.52. The number of hydrogen-bond donors (Lipinski definition) is 0. The summed E-state index contributed by atoms with van der Waals surface area (Å²) >= 11 is 0. The molecule has 0 aliphatic carbocycles. The first-order chi connectivity index (χ1) is 8.46. The Bertz CT molecular complexity index is 306. The predicted molar refractivity (Wildman–Crippen MR) is 57.2 cm³/mol. The number of carbonyl (C=O) groups is 2. The number of Topliss-reactive ketones (excluding diaryl/α,β-unsaturated/α-hetero) is 2. The van der Waals surface area contributed by atoms with Crippen LogP contribution >= 0.6 is 0 Å². The zero-order valence-corrected chi connectivity index (χ0v) is 12.0. The van der Waals surface area contributed by atoms with Crippen LogP contribution in [0.5, 0.6) is 0 Å². The van der Waals surface area contributed by atoms with E-state index in [9.17, 15) is 35.9 Å². The molecule has 0 saturated carbocycles. The Morgan fingerprint density at radius 1 is 0.800 bits per heavy atom. The molecule has 2 nitrogen and oxygen atoms in total. The van der Waals surface area contributed by atoms with Crippen molar-refractivity contribution in [3.8, 4) is 11.8 Å². The van der Waals surface area contributed by atoms with Crippen molar-refractivity contribution in [2.24, 2.45) is 0 Å². The SMILES string of the molecule is CC.CC#CC.O=C(CC(=O)C(F)(F)F)C(F)(F)F.[Cu]. The molecule has 0 heterocycles. The fourth-order valence-corrected chi connectivity index (χ4v) is 0.346. The molecule has 0 saturated heterocycles. The third kappa shape index (κ3) is 17.0. The third-order valence-corrected chi connectivity index (χ3v) is 1.20. The molecule has 0 fully saturated rings. The van der Waals surface area contributed by atoms with Gasteiger partial charge in [-0.05, 0) is 13.8 Å². The minimum absolute atomic E-state index is 0. The van der Waals surface area contributed by atoms with Crippen molar-refractivity contribution >= 4 is 11.6 Å². The summed E-state index contributed by atoms with van der Waals surface area (Å²) in [5, 5.41) is 0. The molecule has 0 atom stereocenters. The molecule has 0 bridgehead atoms. The van der Waals surface area contributed by atoms with Crippen molar-refractivity contribution in [2.45, 2.75) is 46.5 Å². The maximum absolute atomic E-state index is 11.3. The molecule has 0 aromatic carbocycles. The predicted octanol–water partition coefficient (Wildman–Crippen LogP) is 3.69. The van der Waals surface area contributed by atoms with E-state index >= 15 is 0 Å². The van der Waals surface area contributed by atoms with Gasteiger partial charge in [-0.1, -0.05) is 13.8 Å². The van der Waals surface area contributed by atoms with Gasteiger partial charge in [-0.15, -0.1) is 11.8 Å². The third-order valence-electron chi connectivity index (χ3n) is 1.20. The number of halogens is 6. The standard InChI is InChI=1S/C5H2F6O2.C4H6.C2H6.Cu/c6-4(7,8)2(12)1-3(13)5(9,10)11;1-3-4-2;1-2;/h1H2;1-2H3;1-2H3;. The van der Waals surface area contributed by atoms with Crippen LogP contribution in [0.25, 0.3) is 0 Å². The summed E-state index contributed by atoms with van der Waals surface area (Å²) in [7, 11) is 0. The zero-order chi connectivity index (χ0) is 16.3. The Labute approximate surface area is 123 Å². The quantitative estimate of drug-likeness (QED) is 0.327. The number of alkyl halides is 6. The summed E-state index contributed by atoms with van der Waals surface area (Å²) in [5.74, 6) is -0.0374. The molecule has 9 heteroatoms. The molecule has 0 N–H and O–H groups in total. The zero-order valence-electron chi connectivity index (χ0n) is 11.1. The Hall–Kier alpha value is -1.00. The average molecular weight is 356 g/mol. The summed E-state index contributed by atoms with van der Waals surface area (Å²) in [6.07, 6.45) is -13.0. The molecular weight excluding hydrogens is 342 g/mol. The van der Waals surface area contributed by atoms with Gasteiger partial charge in [0.05, 0.1) is 6.42 Å². The summed E-state index contributed by atoms with van der Waals surface area (Å²) in [6, 6.07) is 0. The maximum Gasteiger partial charge on any atom is 0.450 e. The second-order valence-electron chi connectivity index (χ2n) is 2.52. The van der Waals surface area contributed by atoms with E-state index in [2.05, 4.69) is 11.8 Å². The van der Waals surface area contributed by atoms with Gasteiger partial charge in [-0.25, -0.2) is 0 Å². The van der Waals surface area contributed by atoms with Gasteiger partial charge in [0.2, 0.25) is 11.6 Å². The van der Waals surface area contributed by atoms with Gasteiger partial charge in [0.1, 0.15) is 0 Å². The van der Waals surface area contributed by atoms with E-state index in [1.807, 2.05) is 27.7 Å². The van der Waals surface area contributed by atoms with Crippen molar-refractivity contribution in [1.29, 1.82) is 0 Å². The normalized spacial score (nSPS) is 9.30. The van der Waals surface area contributed by atoms with E-state index in [0.717, 1.165) is 0 Å². The minimum atomic E-state index is -5.40. The van der Waals surface area contributed by atoms with Crippen LogP contribution in [0.1, 0.15) is 34.1 Å². The Kier molecular flexibility index (Phi) is 17.8. The average Bonchev–Trinajstić information content (AvgIpc) is 2.29. The van der Waals surface area contributed by atoms with Crippen molar-refractivity contribution in [3.63, 3.8) is 0 Å². The molecule has 0 aliphatic heterocycles. The van der Waals surface area contributed by atoms with Crippen LogP contribution in [0.2, 0.25) is 0 Å². The molecule has 0 aliphatic rings. The second kappa shape index (κ2) is 13.0. The monoisotopic (exact) mass is 355 g/mol. The first-order valence-electron chi connectivity index (χ1n) is 5.00. The first kappa shape index (κ1) is 27.4. The molecule has 123 valence electrons. The number of rotatable bonds is 2. The van der Waals surface area contributed by atoms with Gasteiger partial charge in [-0.2, -0.15) is 26.3 Å². The van der Waals surface area contributed by atoms with E-state index in [4.69, 9.17) is 0 Å². The molecule has 0 aromatic heterocycles. The molecule has 1 radical (unpaired) electrons. The van der Waals surface area contributed by atoms with Crippen LogP contribution in [-0.2, 0) is 26.7 Å². The van der Waals surface area contributed by atoms with Crippen LogP contribution in [0.3, 0.4) is 0 Å². The molecule has 0 unspecified atom stereocenters. The van der Waals surface area contributed by atoms with Gasteiger partial charge >= 0.3 is 12.4 Å². The molecule has 0 amide bonds. The topological polar surface area (TPSA) is 34.1 Å². The van der Waals surface area contributed by atoms with Crippen molar-refractivity contribution in [3.05, 3.63) is 0 Å². The number of ketones is 2. The molecular formula is C11H14CuF6O2. The van der Waals surface area contributed by atoms with E-state index in [1.54, 1.807) is 0 Å². The maximum atomic E-state index is 11.3. The van der Waals surface area contributed by atoms with Crippen molar-refractivity contribution in [2.75, 3.05) is 0 Å². The van der Waals surface area contributed by atoms with Crippen molar-refractivity contribution in [1.82, 2.24) is 0 Å². The molecule has 20 heavy (non-hydrogen) atoms. The van der Waals surface area contributed by atoms with Crippen LogP contribution in [0.4, 0.5) is 26.3 Å². The van der Waals surface area contributed by atoms with E-state index in [0.29, 0.717) is 0 Å². The fraction of sp³-hybridized carbons (Fsp3) is 0.636. The van der Waals surface area contributed by atoms with E-state index < -0.39 is 30.3 Å². The van der Waals surface area contributed by atoms with Crippen molar-refractivity contribution < 1.29 is 53.0 Å². The smallest absolute Gasteiger partial charge is 0.289 e. The van der Waals surface area contributed by atoms with Gasteiger partial charge in [0.15, 0.2) is 0 Å². The Morgan fingerprint density at radius 3 is 1.10 bits per heavy atom. The number of hydrogen-bond acceptors (Lipinski definition) is 2. The van der Waals surface area contributed by atoms with Crippen LogP contribution < -0.4 is 0 Å². The summed E-state index contributed by atoms with van der Waals surface area (Å²) in [4.78, 5) is 19.8. The Balaban J connectivity index is -0.000000157. The van der Waals surface area contributed by atoms with Gasteiger partial charge in [0, 0.05) is 17.1 Å². The van der Waals surface area contributed by atoms with Crippen LogP contribution in [0, 0.1) is 11.8 Å².